The second-order valence-corrected chi connectivity index (χ2v) is 6.85. The lowest BCUT2D eigenvalue weighted by Crippen LogP contribution is -2.26. The Morgan fingerprint density at radius 2 is 2.04 bits per heavy atom. The van der Waals surface area contributed by atoms with Crippen molar-refractivity contribution in [3.05, 3.63) is 65.1 Å². The molecule has 0 aliphatic heterocycles. The number of benzene rings is 1. The lowest BCUT2D eigenvalue weighted by molar-refractivity contribution is -0.121. The van der Waals surface area contributed by atoms with Gasteiger partial charge in [-0.05, 0) is 36.6 Å². The van der Waals surface area contributed by atoms with Gasteiger partial charge in [0.2, 0.25) is 5.91 Å². The summed E-state index contributed by atoms with van der Waals surface area (Å²) in [6.45, 7) is 0.542. The van der Waals surface area contributed by atoms with Gasteiger partial charge >= 0.3 is 0 Å². The molecule has 8 heteroatoms. The summed E-state index contributed by atoms with van der Waals surface area (Å²) in [6.07, 6.45) is 2.99. The smallest absolute Gasteiger partial charge is 0.293 e. The minimum atomic E-state index is -0.347. The Morgan fingerprint density at radius 3 is 2.82 bits per heavy atom. The number of thiazole rings is 1. The van der Waals surface area contributed by atoms with Crippen LogP contribution in [0, 0.1) is 0 Å². The second-order valence-electron chi connectivity index (χ2n) is 5.99. The van der Waals surface area contributed by atoms with Crippen LogP contribution in [0.5, 0.6) is 5.75 Å². The number of aromatic nitrogens is 1. The molecule has 146 valence electrons. The van der Waals surface area contributed by atoms with Crippen molar-refractivity contribution in [1.29, 1.82) is 0 Å². The number of carbonyl (C=O) groups is 2. The number of nitrogens with one attached hydrogen (secondary N) is 2. The van der Waals surface area contributed by atoms with Gasteiger partial charge in [0.15, 0.2) is 10.9 Å². The number of nitrogens with zero attached hydrogens (tertiary/aromatic N) is 1. The van der Waals surface area contributed by atoms with Crippen LogP contribution in [-0.2, 0) is 17.6 Å². The van der Waals surface area contributed by atoms with E-state index in [0.29, 0.717) is 30.9 Å². The van der Waals surface area contributed by atoms with Gasteiger partial charge in [-0.15, -0.1) is 11.3 Å². The van der Waals surface area contributed by atoms with Crippen molar-refractivity contribution in [2.75, 3.05) is 19.0 Å². The van der Waals surface area contributed by atoms with Crippen LogP contribution in [0.25, 0.3) is 0 Å². The van der Waals surface area contributed by atoms with E-state index in [1.54, 1.807) is 19.2 Å². The van der Waals surface area contributed by atoms with Gasteiger partial charge < -0.3 is 14.5 Å². The van der Waals surface area contributed by atoms with E-state index in [1.807, 2.05) is 29.6 Å². The molecule has 3 rings (SSSR count). The number of amides is 2. The molecule has 28 heavy (non-hydrogen) atoms. The van der Waals surface area contributed by atoms with Crippen LogP contribution in [0.2, 0.25) is 0 Å². The predicted octanol–water partition coefficient (Wildman–Crippen LogP) is 3.29. The third kappa shape index (κ3) is 5.43. The lowest BCUT2D eigenvalue weighted by atomic mass is 10.1. The van der Waals surface area contributed by atoms with Crippen molar-refractivity contribution in [2.24, 2.45) is 0 Å². The Labute approximate surface area is 166 Å². The molecule has 2 heterocycles. The highest BCUT2D eigenvalue weighted by Crippen LogP contribution is 2.18. The van der Waals surface area contributed by atoms with Crippen molar-refractivity contribution in [3.63, 3.8) is 0 Å². The number of hydrogen-bond donors (Lipinski definition) is 2. The normalized spacial score (nSPS) is 10.5. The summed E-state index contributed by atoms with van der Waals surface area (Å²) in [5.74, 6) is 0.665. The fourth-order valence-corrected chi connectivity index (χ4v) is 3.36. The number of methoxy groups -OCH3 is 1. The number of para-hydroxylation sites is 1. The van der Waals surface area contributed by atoms with Gasteiger partial charge in [-0.25, -0.2) is 4.98 Å². The molecule has 2 aromatic heterocycles. The van der Waals surface area contributed by atoms with E-state index in [4.69, 9.17) is 9.15 Å². The maximum atomic E-state index is 12.1. The fraction of sp³-hybridized carbons (Fsp3) is 0.250. The molecule has 0 atom stereocenters. The molecule has 0 saturated heterocycles. The van der Waals surface area contributed by atoms with Crippen LogP contribution in [0.3, 0.4) is 0 Å². The molecule has 2 amide bonds. The third-order valence-corrected chi connectivity index (χ3v) is 4.84. The van der Waals surface area contributed by atoms with Crippen molar-refractivity contribution in [2.45, 2.75) is 19.3 Å². The lowest BCUT2D eigenvalue weighted by Gasteiger charge is -2.09. The Kier molecular flexibility index (Phi) is 6.80. The van der Waals surface area contributed by atoms with Crippen molar-refractivity contribution in [1.82, 2.24) is 10.3 Å². The maximum absolute atomic E-state index is 12.1. The van der Waals surface area contributed by atoms with Crippen LogP contribution >= 0.6 is 11.3 Å². The van der Waals surface area contributed by atoms with Crippen LogP contribution in [-0.4, -0.2) is 30.5 Å². The molecule has 3 aromatic rings. The molecule has 2 N–H and O–H groups in total. The Balaban J connectivity index is 1.40. The van der Waals surface area contributed by atoms with Gasteiger partial charge in [0.25, 0.3) is 5.91 Å². The standard InChI is InChI=1S/C20H21N3O4S/c1-26-16-6-3-2-5-14(16)10-11-21-18(24)9-8-15-13-28-20(22-15)23-19(25)17-7-4-12-27-17/h2-7,12-13H,8-11H2,1H3,(H,21,24)(H,22,23,25). The molecule has 0 fully saturated rings. The molecule has 0 bridgehead atoms. The maximum Gasteiger partial charge on any atom is 0.293 e. The van der Waals surface area contributed by atoms with Crippen molar-refractivity contribution >= 4 is 28.3 Å². The van der Waals surface area contributed by atoms with Crippen molar-refractivity contribution < 1.29 is 18.7 Å². The Morgan fingerprint density at radius 1 is 1.18 bits per heavy atom. The zero-order valence-electron chi connectivity index (χ0n) is 15.4. The average molecular weight is 399 g/mol. The van der Waals surface area contributed by atoms with E-state index in [2.05, 4.69) is 15.6 Å². The number of furan rings is 1. The first-order valence-corrected chi connectivity index (χ1v) is 9.71. The minimum Gasteiger partial charge on any atom is -0.496 e. The van der Waals surface area contributed by atoms with Gasteiger partial charge in [-0.3, -0.25) is 14.9 Å². The van der Waals surface area contributed by atoms with E-state index in [-0.39, 0.29) is 17.6 Å². The molecule has 7 nitrogen and oxygen atoms in total. The first-order chi connectivity index (χ1) is 13.7. The fourth-order valence-electron chi connectivity index (χ4n) is 2.62. The summed E-state index contributed by atoms with van der Waals surface area (Å²) in [5.41, 5.74) is 1.82. The largest absolute Gasteiger partial charge is 0.496 e. The predicted molar refractivity (Wildman–Crippen MR) is 107 cm³/mol. The van der Waals surface area contributed by atoms with Crippen LogP contribution in [0.4, 0.5) is 5.13 Å². The molecule has 0 aliphatic rings. The highest BCUT2D eigenvalue weighted by Gasteiger charge is 2.12. The van der Waals surface area contributed by atoms with E-state index < -0.39 is 0 Å². The monoisotopic (exact) mass is 399 g/mol. The molecule has 0 spiro atoms. The highest BCUT2D eigenvalue weighted by molar-refractivity contribution is 7.13. The third-order valence-electron chi connectivity index (χ3n) is 4.03. The molecule has 0 radical (unpaired) electrons. The Bertz CT molecular complexity index is 921. The van der Waals surface area contributed by atoms with E-state index in [9.17, 15) is 9.59 Å². The molecule has 0 unspecified atom stereocenters. The van der Waals surface area contributed by atoms with Crippen LogP contribution in [0.1, 0.15) is 28.2 Å². The second kappa shape index (κ2) is 9.70. The summed E-state index contributed by atoms with van der Waals surface area (Å²) >= 11 is 1.32. The van der Waals surface area contributed by atoms with Gasteiger partial charge in [0.1, 0.15) is 5.75 Å². The summed E-state index contributed by atoms with van der Waals surface area (Å²) < 4.78 is 10.3. The molecular weight excluding hydrogens is 378 g/mol. The molecule has 0 aliphatic carbocycles. The topological polar surface area (TPSA) is 93.5 Å². The molecule has 1 aromatic carbocycles. The summed E-state index contributed by atoms with van der Waals surface area (Å²) in [7, 11) is 1.64. The zero-order valence-corrected chi connectivity index (χ0v) is 16.3. The highest BCUT2D eigenvalue weighted by atomic mass is 32.1. The number of rotatable bonds is 9. The van der Waals surface area contributed by atoms with E-state index >= 15 is 0 Å². The van der Waals surface area contributed by atoms with E-state index in [1.165, 1.54) is 17.6 Å². The average Bonchev–Trinajstić information content (AvgIpc) is 3.39. The van der Waals surface area contributed by atoms with Gasteiger partial charge in [0, 0.05) is 18.3 Å². The quantitative estimate of drug-likeness (QED) is 0.576. The SMILES string of the molecule is COc1ccccc1CCNC(=O)CCc1csc(NC(=O)c2ccco2)n1. The minimum absolute atomic E-state index is 0.0379. The van der Waals surface area contributed by atoms with Gasteiger partial charge in [0.05, 0.1) is 19.1 Å². The molecular formula is C20H21N3O4S. The number of hydrogen-bond acceptors (Lipinski definition) is 6. The number of ether oxygens (including phenoxy) is 1. The van der Waals surface area contributed by atoms with Crippen molar-refractivity contribution in [3.8, 4) is 5.75 Å². The summed E-state index contributed by atoms with van der Waals surface area (Å²) in [4.78, 5) is 28.3. The van der Waals surface area contributed by atoms with E-state index in [0.717, 1.165) is 17.0 Å². The number of carbonyl (C=O) groups excluding carboxylic acids is 2. The first kappa shape index (κ1) is 19.6. The van der Waals surface area contributed by atoms with Crippen LogP contribution in [0.15, 0.2) is 52.5 Å². The van der Waals surface area contributed by atoms with Gasteiger partial charge in [-0.2, -0.15) is 0 Å². The summed E-state index contributed by atoms with van der Waals surface area (Å²) in [5, 5.41) is 7.90. The first-order valence-electron chi connectivity index (χ1n) is 8.83. The Hall–Kier alpha value is -3.13. The molecule has 0 saturated carbocycles. The summed E-state index contributed by atoms with van der Waals surface area (Å²) in [6, 6.07) is 11.0. The number of aryl methyl sites for hydroxylation is 1. The zero-order chi connectivity index (χ0) is 19.8. The van der Waals surface area contributed by atoms with Gasteiger partial charge in [-0.1, -0.05) is 18.2 Å². The van der Waals surface area contributed by atoms with Crippen LogP contribution < -0.4 is 15.4 Å². The number of anilines is 1.